The van der Waals surface area contributed by atoms with E-state index in [0.717, 1.165) is 11.1 Å². The molecule has 3 rings (SSSR count). The van der Waals surface area contributed by atoms with Crippen molar-refractivity contribution < 1.29 is 9.32 Å². The molecule has 0 bridgehead atoms. The number of aryl methyl sites for hydroxylation is 3. The average Bonchev–Trinajstić information content (AvgIpc) is 3.08. The van der Waals surface area contributed by atoms with Gasteiger partial charge in [0.05, 0.1) is 0 Å². The highest BCUT2D eigenvalue weighted by Crippen LogP contribution is 2.16. The van der Waals surface area contributed by atoms with E-state index in [9.17, 15) is 4.79 Å². The highest BCUT2D eigenvalue weighted by molar-refractivity contribution is 5.76. The number of nitrogens with zero attached hydrogens (tertiary/aromatic N) is 2. The third-order valence-electron chi connectivity index (χ3n) is 3.92. The minimum absolute atomic E-state index is 0.0309. The maximum atomic E-state index is 12.0. The van der Waals surface area contributed by atoms with E-state index in [-0.39, 0.29) is 5.91 Å². The van der Waals surface area contributed by atoms with Crippen LogP contribution in [0.25, 0.3) is 11.4 Å². The van der Waals surface area contributed by atoms with Crippen molar-refractivity contribution >= 4 is 5.91 Å². The lowest BCUT2D eigenvalue weighted by Crippen LogP contribution is -2.23. The summed E-state index contributed by atoms with van der Waals surface area (Å²) in [7, 11) is 0. The fourth-order valence-corrected chi connectivity index (χ4v) is 2.51. The van der Waals surface area contributed by atoms with E-state index in [0.29, 0.717) is 31.1 Å². The van der Waals surface area contributed by atoms with Gasteiger partial charge in [-0.15, -0.1) is 0 Å². The zero-order chi connectivity index (χ0) is 17.6. The van der Waals surface area contributed by atoms with Crippen LogP contribution in [0.5, 0.6) is 0 Å². The van der Waals surface area contributed by atoms with Crippen molar-refractivity contribution in [2.24, 2.45) is 0 Å². The quantitative estimate of drug-likeness (QED) is 0.747. The number of hydrogen-bond acceptors (Lipinski definition) is 4. The maximum absolute atomic E-state index is 12.0. The van der Waals surface area contributed by atoms with Crippen molar-refractivity contribution in [1.82, 2.24) is 15.5 Å². The molecule has 2 aromatic carbocycles. The first-order valence-corrected chi connectivity index (χ1v) is 8.32. The SMILES string of the molecule is Cc1ccc(-c2noc(CCC(=O)NCc3cccc(C)c3)n2)cc1. The lowest BCUT2D eigenvalue weighted by atomic mass is 10.1. The van der Waals surface area contributed by atoms with Gasteiger partial charge in [-0.3, -0.25) is 4.79 Å². The van der Waals surface area contributed by atoms with Gasteiger partial charge in [0.15, 0.2) is 0 Å². The summed E-state index contributed by atoms with van der Waals surface area (Å²) in [6, 6.07) is 16.0. The van der Waals surface area contributed by atoms with Gasteiger partial charge in [-0.1, -0.05) is 64.8 Å². The largest absolute Gasteiger partial charge is 0.352 e. The molecule has 1 amide bonds. The second-order valence-corrected chi connectivity index (χ2v) is 6.14. The van der Waals surface area contributed by atoms with E-state index in [4.69, 9.17) is 4.52 Å². The molecule has 0 fully saturated rings. The van der Waals surface area contributed by atoms with Crippen molar-refractivity contribution in [3.05, 3.63) is 71.1 Å². The average molecular weight is 335 g/mol. The monoisotopic (exact) mass is 335 g/mol. The molecule has 0 aliphatic heterocycles. The molecular weight excluding hydrogens is 314 g/mol. The minimum atomic E-state index is -0.0309. The van der Waals surface area contributed by atoms with E-state index < -0.39 is 0 Å². The second kappa shape index (κ2) is 7.75. The molecular formula is C20H21N3O2. The second-order valence-electron chi connectivity index (χ2n) is 6.14. The molecule has 0 aliphatic carbocycles. The molecule has 0 saturated carbocycles. The first kappa shape index (κ1) is 16.9. The number of nitrogens with one attached hydrogen (secondary N) is 1. The Morgan fingerprint density at radius 2 is 1.88 bits per heavy atom. The molecule has 0 spiro atoms. The summed E-state index contributed by atoms with van der Waals surface area (Å²) in [5.41, 5.74) is 4.36. The molecule has 1 aromatic heterocycles. The van der Waals surface area contributed by atoms with Crippen LogP contribution in [-0.4, -0.2) is 16.0 Å². The molecule has 0 radical (unpaired) electrons. The number of hydrogen-bond donors (Lipinski definition) is 1. The molecule has 5 nitrogen and oxygen atoms in total. The fraction of sp³-hybridized carbons (Fsp3) is 0.250. The van der Waals surface area contributed by atoms with E-state index in [1.807, 2.05) is 56.3 Å². The molecule has 1 N–H and O–H groups in total. The van der Waals surface area contributed by atoms with Gasteiger partial charge in [0.25, 0.3) is 0 Å². The van der Waals surface area contributed by atoms with Crippen LogP contribution in [0, 0.1) is 13.8 Å². The third kappa shape index (κ3) is 4.76. The summed E-state index contributed by atoms with van der Waals surface area (Å²) in [5.74, 6) is 0.994. The van der Waals surface area contributed by atoms with Gasteiger partial charge in [-0.2, -0.15) is 4.98 Å². The summed E-state index contributed by atoms with van der Waals surface area (Å²) in [5, 5.41) is 6.89. The van der Waals surface area contributed by atoms with Crippen LogP contribution in [0.4, 0.5) is 0 Å². The summed E-state index contributed by atoms with van der Waals surface area (Å²) in [6.45, 7) is 4.59. The van der Waals surface area contributed by atoms with E-state index in [2.05, 4.69) is 21.5 Å². The Morgan fingerprint density at radius 3 is 2.64 bits per heavy atom. The highest BCUT2D eigenvalue weighted by atomic mass is 16.5. The van der Waals surface area contributed by atoms with Crippen LogP contribution in [0.2, 0.25) is 0 Å². The molecule has 25 heavy (non-hydrogen) atoms. The van der Waals surface area contributed by atoms with Gasteiger partial charge in [0.2, 0.25) is 17.6 Å². The smallest absolute Gasteiger partial charge is 0.227 e. The first-order valence-electron chi connectivity index (χ1n) is 8.32. The zero-order valence-corrected chi connectivity index (χ0v) is 14.5. The molecule has 3 aromatic rings. The molecule has 5 heteroatoms. The Balaban J connectivity index is 1.50. The normalized spacial score (nSPS) is 10.6. The van der Waals surface area contributed by atoms with Gasteiger partial charge < -0.3 is 9.84 Å². The van der Waals surface area contributed by atoms with E-state index >= 15 is 0 Å². The van der Waals surface area contributed by atoms with Crippen molar-refractivity contribution in [3.8, 4) is 11.4 Å². The van der Waals surface area contributed by atoms with Crippen LogP contribution < -0.4 is 5.32 Å². The van der Waals surface area contributed by atoms with Gasteiger partial charge in [-0.25, -0.2) is 0 Å². The fourth-order valence-electron chi connectivity index (χ4n) is 2.51. The van der Waals surface area contributed by atoms with Crippen LogP contribution in [0.15, 0.2) is 53.1 Å². The van der Waals surface area contributed by atoms with E-state index in [1.165, 1.54) is 11.1 Å². The Kier molecular flexibility index (Phi) is 5.23. The number of carbonyl (C=O) groups is 1. The summed E-state index contributed by atoms with van der Waals surface area (Å²) >= 11 is 0. The standard InChI is InChI=1S/C20H21N3O2/c1-14-6-8-17(9-7-14)20-22-19(25-23-20)11-10-18(24)21-13-16-5-3-4-15(2)12-16/h3-9,12H,10-11,13H2,1-2H3,(H,21,24). The maximum Gasteiger partial charge on any atom is 0.227 e. The number of benzene rings is 2. The predicted molar refractivity (Wildman–Crippen MR) is 95.8 cm³/mol. The Bertz CT molecular complexity index is 853. The lowest BCUT2D eigenvalue weighted by Gasteiger charge is -2.05. The third-order valence-corrected chi connectivity index (χ3v) is 3.92. The number of rotatable bonds is 6. The van der Waals surface area contributed by atoms with Crippen molar-refractivity contribution in [2.45, 2.75) is 33.2 Å². The lowest BCUT2D eigenvalue weighted by molar-refractivity contribution is -0.121. The number of carbonyl (C=O) groups excluding carboxylic acids is 1. The van der Waals surface area contributed by atoms with Gasteiger partial charge in [0.1, 0.15) is 0 Å². The van der Waals surface area contributed by atoms with Gasteiger partial charge in [0, 0.05) is 24.9 Å². The predicted octanol–water partition coefficient (Wildman–Crippen LogP) is 3.60. The number of aromatic nitrogens is 2. The summed E-state index contributed by atoms with van der Waals surface area (Å²) in [4.78, 5) is 16.3. The topological polar surface area (TPSA) is 68.0 Å². The van der Waals surface area contributed by atoms with Crippen molar-refractivity contribution in [1.29, 1.82) is 0 Å². The Hall–Kier alpha value is -2.95. The van der Waals surface area contributed by atoms with Crippen molar-refractivity contribution in [3.63, 3.8) is 0 Å². The van der Waals surface area contributed by atoms with Gasteiger partial charge >= 0.3 is 0 Å². The zero-order valence-electron chi connectivity index (χ0n) is 14.5. The van der Waals surface area contributed by atoms with Crippen LogP contribution >= 0.6 is 0 Å². The summed E-state index contributed by atoms with van der Waals surface area (Å²) in [6.07, 6.45) is 0.750. The van der Waals surface area contributed by atoms with Crippen LogP contribution in [0.1, 0.15) is 29.0 Å². The number of amides is 1. The minimum Gasteiger partial charge on any atom is -0.352 e. The van der Waals surface area contributed by atoms with Crippen LogP contribution in [-0.2, 0) is 17.8 Å². The Morgan fingerprint density at radius 1 is 1.08 bits per heavy atom. The highest BCUT2D eigenvalue weighted by Gasteiger charge is 2.10. The molecule has 0 unspecified atom stereocenters. The van der Waals surface area contributed by atoms with Gasteiger partial charge in [-0.05, 0) is 19.4 Å². The van der Waals surface area contributed by atoms with E-state index in [1.54, 1.807) is 0 Å². The first-order chi connectivity index (χ1) is 12.1. The molecule has 0 aliphatic rings. The molecule has 0 atom stereocenters. The van der Waals surface area contributed by atoms with Crippen molar-refractivity contribution in [2.75, 3.05) is 0 Å². The molecule has 0 saturated heterocycles. The van der Waals surface area contributed by atoms with Crippen LogP contribution in [0.3, 0.4) is 0 Å². The molecule has 128 valence electrons. The molecule has 1 heterocycles. The summed E-state index contributed by atoms with van der Waals surface area (Å²) < 4.78 is 5.24. The Labute approximate surface area is 147 Å².